The number of halogens is 2. The maximum absolute atomic E-state index is 12.5. The molecule has 0 atom stereocenters. The maximum Gasteiger partial charge on any atom is 0.263 e. The number of anilines is 1. The van der Waals surface area contributed by atoms with E-state index in [9.17, 15) is 13.2 Å². The quantitative estimate of drug-likeness (QED) is 0.661. The molecule has 5 nitrogen and oxygen atoms in total. The number of carbonyl (C=O) groups is 1. The van der Waals surface area contributed by atoms with Crippen LogP contribution in [0.15, 0.2) is 56.3 Å². The fourth-order valence-corrected chi connectivity index (χ4v) is 4.56. The van der Waals surface area contributed by atoms with Gasteiger partial charge in [0.1, 0.15) is 4.90 Å². The zero-order valence-electron chi connectivity index (χ0n) is 13.9. The topological polar surface area (TPSA) is 75.3 Å². The van der Waals surface area contributed by atoms with E-state index in [2.05, 4.69) is 41.9 Å². The van der Waals surface area contributed by atoms with Crippen LogP contribution in [-0.4, -0.2) is 19.9 Å². The van der Waals surface area contributed by atoms with E-state index in [0.717, 1.165) is 0 Å². The van der Waals surface area contributed by atoms with Gasteiger partial charge in [-0.05, 0) is 79.2 Å². The predicted molar refractivity (Wildman–Crippen MR) is 106 cm³/mol. The van der Waals surface area contributed by atoms with Crippen LogP contribution in [0.25, 0.3) is 0 Å². The summed E-state index contributed by atoms with van der Waals surface area (Å²) in [6.45, 7) is 5.68. The van der Waals surface area contributed by atoms with Crippen LogP contribution in [-0.2, 0) is 10.0 Å². The van der Waals surface area contributed by atoms with E-state index in [0.29, 0.717) is 20.2 Å². The lowest BCUT2D eigenvalue weighted by molar-refractivity contribution is 0.0919. The molecule has 25 heavy (non-hydrogen) atoms. The molecular weight excluding hydrogens is 472 g/mol. The average molecular weight is 490 g/mol. The first-order valence-corrected chi connectivity index (χ1v) is 10.5. The molecule has 2 aromatic rings. The van der Waals surface area contributed by atoms with Crippen LogP contribution in [0.1, 0.15) is 31.1 Å². The number of carbonyl (C=O) groups excluding carboxylic acids is 1. The SMILES string of the molecule is CC(C)(C)NC(=O)c1ccc(NS(=O)(=O)c2cc(Br)ccc2Br)cc1. The Hall–Kier alpha value is -1.38. The molecule has 0 unspecified atom stereocenters. The standard InChI is InChI=1S/C17H18Br2N2O3S/c1-17(2,3)20-16(22)11-4-7-13(8-5-11)21-25(23,24)15-10-12(18)6-9-14(15)19/h4-10,21H,1-3H3,(H,20,22). The Morgan fingerprint density at radius 2 is 1.60 bits per heavy atom. The smallest absolute Gasteiger partial charge is 0.263 e. The molecule has 0 saturated carbocycles. The number of hydrogen-bond donors (Lipinski definition) is 2. The minimum atomic E-state index is -3.76. The molecule has 134 valence electrons. The highest BCUT2D eigenvalue weighted by Crippen LogP contribution is 2.27. The summed E-state index contributed by atoms with van der Waals surface area (Å²) in [7, 11) is -3.76. The van der Waals surface area contributed by atoms with Crippen LogP contribution in [0.4, 0.5) is 5.69 Å². The molecule has 0 bridgehead atoms. The molecule has 0 aromatic heterocycles. The summed E-state index contributed by atoms with van der Waals surface area (Å²) >= 11 is 6.51. The van der Waals surface area contributed by atoms with Crippen molar-refractivity contribution in [2.75, 3.05) is 4.72 Å². The molecule has 0 saturated heterocycles. The van der Waals surface area contributed by atoms with E-state index >= 15 is 0 Å². The Labute approximate surface area is 164 Å². The van der Waals surface area contributed by atoms with Crippen LogP contribution in [0.3, 0.4) is 0 Å². The Morgan fingerprint density at radius 3 is 2.16 bits per heavy atom. The second-order valence-electron chi connectivity index (χ2n) is 6.46. The third kappa shape index (κ3) is 5.55. The van der Waals surface area contributed by atoms with Gasteiger partial charge in [0.05, 0.1) is 0 Å². The van der Waals surface area contributed by atoms with Gasteiger partial charge < -0.3 is 5.32 Å². The minimum absolute atomic E-state index is 0.122. The monoisotopic (exact) mass is 488 g/mol. The third-order valence-electron chi connectivity index (χ3n) is 3.07. The van der Waals surface area contributed by atoms with Crippen molar-refractivity contribution in [3.05, 3.63) is 57.0 Å². The minimum Gasteiger partial charge on any atom is -0.347 e. The van der Waals surface area contributed by atoms with Gasteiger partial charge in [-0.2, -0.15) is 0 Å². The first-order valence-electron chi connectivity index (χ1n) is 7.38. The van der Waals surface area contributed by atoms with Gasteiger partial charge in [-0.1, -0.05) is 15.9 Å². The Balaban J connectivity index is 2.21. The molecule has 0 spiro atoms. The second-order valence-corrected chi connectivity index (χ2v) is 9.88. The van der Waals surface area contributed by atoms with Gasteiger partial charge in [-0.3, -0.25) is 9.52 Å². The molecule has 0 fully saturated rings. The molecule has 0 aliphatic heterocycles. The second kappa shape index (κ2) is 7.47. The lowest BCUT2D eigenvalue weighted by Crippen LogP contribution is -2.40. The normalized spacial score (nSPS) is 11.9. The molecule has 1 amide bonds. The molecule has 2 N–H and O–H groups in total. The van der Waals surface area contributed by atoms with E-state index in [1.54, 1.807) is 36.4 Å². The van der Waals surface area contributed by atoms with Crippen LogP contribution in [0.5, 0.6) is 0 Å². The maximum atomic E-state index is 12.5. The molecule has 0 heterocycles. The lowest BCUT2D eigenvalue weighted by atomic mass is 10.1. The van der Waals surface area contributed by atoms with Crippen molar-refractivity contribution >= 4 is 53.5 Å². The summed E-state index contributed by atoms with van der Waals surface area (Å²) in [5.41, 5.74) is 0.491. The largest absolute Gasteiger partial charge is 0.347 e. The predicted octanol–water partition coefficient (Wildman–Crippen LogP) is 4.54. The molecular formula is C17H18Br2N2O3S. The fraction of sp³-hybridized carbons (Fsp3) is 0.235. The zero-order chi connectivity index (χ0) is 18.8. The van der Waals surface area contributed by atoms with Crippen LogP contribution in [0, 0.1) is 0 Å². The molecule has 8 heteroatoms. The fourth-order valence-electron chi connectivity index (χ4n) is 2.00. The highest BCUT2D eigenvalue weighted by Gasteiger charge is 2.19. The molecule has 2 rings (SSSR count). The van der Waals surface area contributed by atoms with Crippen molar-refractivity contribution < 1.29 is 13.2 Å². The Kier molecular flexibility index (Phi) is 5.96. The molecule has 2 aromatic carbocycles. The van der Waals surface area contributed by atoms with Crippen LogP contribution >= 0.6 is 31.9 Å². The summed E-state index contributed by atoms with van der Waals surface area (Å²) < 4.78 is 28.7. The Morgan fingerprint density at radius 1 is 1.00 bits per heavy atom. The van der Waals surface area contributed by atoms with E-state index in [1.807, 2.05) is 20.8 Å². The molecule has 0 aliphatic rings. The summed E-state index contributed by atoms with van der Waals surface area (Å²) in [5.74, 6) is -0.211. The molecule has 0 radical (unpaired) electrons. The summed E-state index contributed by atoms with van der Waals surface area (Å²) in [4.78, 5) is 12.2. The van der Waals surface area contributed by atoms with Gasteiger partial charge in [-0.15, -0.1) is 0 Å². The van der Waals surface area contributed by atoms with Crippen LogP contribution in [0.2, 0.25) is 0 Å². The highest BCUT2D eigenvalue weighted by molar-refractivity contribution is 9.11. The van der Waals surface area contributed by atoms with Crippen molar-refractivity contribution in [3.8, 4) is 0 Å². The first-order chi connectivity index (χ1) is 11.5. The van der Waals surface area contributed by atoms with Crippen molar-refractivity contribution in [1.82, 2.24) is 5.32 Å². The van der Waals surface area contributed by atoms with Gasteiger partial charge in [0, 0.05) is 25.7 Å². The zero-order valence-corrected chi connectivity index (χ0v) is 17.9. The summed E-state index contributed by atoms with van der Waals surface area (Å²) in [6, 6.07) is 11.2. The summed E-state index contributed by atoms with van der Waals surface area (Å²) in [5, 5.41) is 2.85. The summed E-state index contributed by atoms with van der Waals surface area (Å²) in [6.07, 6.45) is 0. The number of benzene rings is 2. The number of sulfonamides is 1. The number of hydrogen-bond acceptors (Lipinski definition) is 3. The van der Waals surface area contributed by atoms with E-state index in [-0.39, 0.29) is 16.3 Å². The highest BCUT2D eigenvalue weighted by atomic mass is 79.9. The third-order valence-corrected chi connectivity index (χ3v) is 5.94. The average Bonchev–Trinajstić information content (AvgIpc) is 2.48. The van der Waals surface area contributed by atoms with Crippen molar-refractivity contribution in [1.29, 1.82) is 0 Å². The van der Waals surface area contributed by atoms with Crippen molar-refractivity contribution in [2.45, 2.75) is 31.2 Å². The van der Waals surface area contributed by atoms with Gasteiger partial charge >= 0.3 is 0 Å². The van der Waals surface area contributed by atoms with Gasteiger partial charge in [0.2, 0.25) is 0 Å². The van der Waals surface area contributed by atoms with E-state index < -0.39 is 10.0 Å². The van der Waals surface area contributed by atoms with Gasteiger partial charge in [0.25, 0.3) is 15.9 Å². The Bertz CT molecular complexity index is 889. The van der Waals surface area contributed by atoms with Gasteiger partial charge in [0.15, 0.2) is 0 Å². The number of amides is 1. The number of rotatable bonds is 4. The van der Waals surface area contributed by atoms with E-state index in [4.69, 9.17) is 0 Å². The molecule has 0 aliphatic carbocycles. The lowest BCUT2D eigenvalue weighted by Gasteiger charge is -2.20. The van der Waals surface area contributed by atoms with Crippen molar-refractivity contribution in [3.63, 3.8) is 0 Å². The first kappa shape index (κ1) is 19.9. The van der Waals surface area contributed by atoms with Crippen molar-refractivity contribution in [2.24, 2.45) is 0 Å². The van der Waals surface area contributed by atoms with Gasteiger partial charge in [-0.25, -0.2) is 8.42 Å². The van der Waals surface area contributed by atoms with E-state index in [1.165, 1.54) is 6.07 Å². The number of nitrogens with one attached hydrogen (secondary N) is 2. The van der Waals surface area contributed by atoms with Crippen LogP contribution < -0.4 is 10.0 Å².